The number of hydrogen-bond acceptors (Lipinski definition) is 11. The topological polar surface area (TPSA) is 142 Å². The number of piperazine rings is 1. The Morgan fingerprint density at radius 2 is 1.67 bits per heavy atom. The van der Waals surface area contributed by atoms with Crippen LogP contribution in [0.1, 0.15) is 73.1 Å². The predicted octanol–water partition coefficient (Wildman–Crippen LogP) is 4.39. The molecule has 0 radical (unpaired) electrons. The SMILES string of the molecule is COc1c(C)c(Cl)c2c(c1O)[C@@H]1[C@@H]3Cc4c(OC(C)=O)c(C)c5c(c4[C@H](CN4C(=O)c6ccccc6C4=O)N3[C@@H](C#N)[C@@H](C2)N1C)OCO5. The maximum atomic E-state index is 13.8. The van der Waals surface area contributed by atoms with E-state index in [0.29, 0.717) is 67.6 Å². The number of rotatable bonds is 4. The van der Waals surface area contributed by atoms with Crippen LogP contribution in [-0.2, 0) is 17.6 Å². The second-order valence-electron chi connectivity index (χ2n) is 13.2. The lowest BCUT2D eigenvalue weighted by molar-refractivity contribution is -0.132. The molecule has 5 aliphatic heterocycles. The molecule has 3 aromatic carbocycles. The lowest BCUT2D eigenvalue weighted by Crippen LogP contribution is -2.69. The molecule has 1 fully saturated rings. The van der Waals surface area contributed by atoms with Gasteiger partial charge in [-0.15, -0.1) is 0 Å². The number of phenols is 1. The molecule has 0 unspecified atom stereocenters. The number of aromatic hydroxyl groups is 1. The summed E-state index contributed by atoms with van der Waals surface area (Å²) in [5.74, 6) is -0.0560. The van der Waals surface area contributed by atoms with Gasteiger partial charge in [-0.25, -0.2) is 0 Å². The highest BCUT2D eigenvalue weighted by molar-refractivity contribution is 6.32. The number of halogens is 1. The smallest absolute Gasteiger partial charge is 0.308 e. The zero-order valence-electron chi connectivity index (χ0n) is 27.5. The molecule has 49 heavy (non-hydrogen) atoms. The minimum absolute atomic E-state index is 0.0326. The van der Waals surface area contributed by atoms with Gasteiger partial charge in [-0.2, -0.15) is 5.26 Å². The third-order valence-electron chi connectivity index (χ3n) is 10.9. The van der Waals surface area contributed by atoms with Crippen molar-refractivity contribution in [3.8, 4) is 34.8 Å². The van der Waals surface area contributed by atoms with E-state index < -0.39 is 42.0 Å². The van der Waals surface area contributed by atoms with Crippen molar-refractivity contribution in [3.63, 3.8) is 0 Å². The number of amides is 2. The standard InChI is InChI=1S/C36H33ClN4O8/c1-15-28(37)20-10-22-24(12-38)41-23(29(39(22)4)27(20)30(43)32(15)46-5)11-21-26(34-33(47-14-48-34)16(2)31(21)49-17(3)42)25(41)13-40-35(44)18-8-6-7-9-19(18)36(40)45/h6-9,22-25,29,43H,10-11,13-14H2,1-5H3/t22-,23+,24+,25+,29+/m1/s1. The molecule has 13 heteroatoms. The van der Waals surface area contributed by atoms with Crippen molar-refractivity contribution in [2.45, 2.75) is 63.8 Å². The summed E-state index contributed by atoms with van der Waals surface area (Å²) in [6.07, 6.45) is 0.624. The molecule has 0 spiro atoms. The Kier molecular flexibility index (Phi) is 7.12. The zero-order chi connectivity index (χ0) is 34.6. The van der Waals surface area contributed by atoms with Crippen molar-refractivity contribution >= 4 is 29.4 Å². The summed E-state index contributed by atoms with van der Waals surface area (Å²) >= 11 is 6.98. The fourth-order valence-corrected chi connectivity index (χ4v) is 9.15. The largest absolute Gasteiger partial charge is 0.504 e. The minimum atomic E-state index is -0.781. The Hall–Kier alpha value is -4.83. The van der Waals surface area contributed by atoms with Gasteiger partial charge >= 0.3 is 5.97 Å². The monoisotopic (exact) mass is 684 g/mol. The van der Waals surface area contributed by atoms with E-state index in [1.807, 2.05) is 7.05 Å². The van der Waals surface area contributed by atoms with Gasteiger partial charge in [-0.1, -0.05) is 23.7 Å². The average molecular weight is 685 g/mol. The van der Waals surface area contributed by atoms with Crippen molar-refractivity contribution < 1.29 is 38.4 Å². The quantitative estimate of drug-likeness (QED) is 0.238. The lowest BCUT2D eigenvalue weighted by atomic mass is 9.71. The van der Waals surface area contributed by atoms with E-state index >= 15 is 0 Å². The molecule has 252 valence electrons. The molecule has 0 aromatic heterocycles. The van der Waals surface area contributed by atoms with Gasteiger partial charge < -0.3 is 24.1 Å². The number of nitrogens with zero attached hydrogens (tertiary/aromatic N) is 4. The van der Waals surface area contributed by atoms with Gasteiger partial charge in [-0.3, -0.25) is 29.1 Å². The molecule has 5 heterocycles. The van der Waals surface area contributed by atoms with Crippen LogP contribution in [0.2, 0.25) is 5.02 Å². The first-order valence-corrected chi connectivity index (χ1v) is 16.4. The molecule has 1 N–H and O–H groups in total. The molecule has 0 aliphatic carbocycles. The molecule has 5 aliphatic rings. The summed E-state index contributed by atoms with van der Waals surface area (Å²) in [5, 5.41) is 23.2. The molecular formula is C36H33ClN4O8. The number of esters is 1. The highest BCUT2D eigenvalue weighted by Gasteiger charge is 2.58. The second-order valence-corrected chi connectivity index (χ2v) is 13.6. The highest BCUT2D eigenvalue weighted by Crippen LogP contribution is 2.59. The van der Waals surface area contributed by atoms with Crippen LogP contribution in [0.5, 0.6) is 28.7 Å². The average Bonchev–Trinajstić information content (AvgIpc) is 3.66. The van der Waals surface area contributed by atoms with Gasteiger partial charge in [0.1, 0.15) is 11.8 Å². The van der Waals surface area contributed by atoms with E-state index in [9.17, 15) is 24.8 Å². The fraction of sp³-hybridized carbons (Fsp3) is 0.389. The summed E-state index contributed by atoms with van der Waals surface area (Å²) in [6, 6.07) is 6.28. The van der Waals surface area contributed by atoms with Crippen molar-refractivity contribution in [1.82, 2.24) is 14.7 Å². The molecule has 3 aromatic rings. The van der Waals surface area contributed by atoms with Crippen LogP contribution in [0.25, 0.3) is 0 Å². The summed E-state index contributed by atoms with van der Waals surface area (Å²) in [4.78, 5) is 45.6. The molecule has 5 atom stereocenters. The van der Waals surface area contributed by atoms with Gasteiger partial charge in [0.25, 0.3) is 11.8 Å². The molecule has 2 amide bonds. The number of carbonyl (C=O) groups is 3. The molecule has 1 saturated heterocycles. The van der Waals surface area contributed by atoms with Crippen LogP contribution in [-0.4, -0.2) is 83.2 Å². The number of carbonyl (C=O) groups excluding carboxylic acids is 3. The van der Waals surface area contributed by atoms with E-state index in [4.69, 9.17) is 30.5 Å². The molecule has 12 nitrogen and oxygen atoms in total. The Morgan fingerprint density at radius 1 is 1.02 bits per heavy atom. The van der Waals surface area contributed by atoms with E-state index in [1.54, 1.807) is 38.1 Å². The third-order valence-corrected chi connectivity index (χ3v) is 11.4. The number of ether oxygens (including phenoxy) is 4. The Balaban J connectivity index is 1.39. The van der Waals surface area contributed by atoms with E-state index in [-0.39, 0.29) is 37.3 Å². The van der Waals surface area contributed by atoms with Gasteiger partial charge in [0.05, 0.1) is 41.4 Å². The summed E-state index contributed by atoms with van der Waals surface area (Å²) in [7, 11) is 3.40. The Morgan fingerprint density at radius 3 is 2.31 bits per heavy atom. The number of methoxy groups -OCH3 is 1. The van der Waals surface area contributed by atoms with Crippen molar-refractivity contribution in [2.75, 3.05) is 27.5 Å². The van der Waals surface area contributed by atoms with E-state index in [2.05, 4.69) is 15.9 Å². The van der Waals surface area contributed by atoms with Crippen LogP contribution in [0.15, 0.2) is 24.3 Å². The van der Waals surface area contributed by atoms with Crippen molar-refractivity contribution in [3.05, 3.63) is 73.8 Å². The fourth-order valence-electron chi connectivity index (χ4n) is 8.88. The highest BCUT2D eigenvalue weighted by atomic mass is 35.5. The predicted molar refractivity (Wildman–Crippen MR) is 174 cm³/mol. The van der Waals surface area contributed by atoms with E-state index in [0.717, 1.165) is 5.56 Å². The summed E-state index contributed by atoms with van der Waals surface area (Å²) in [6.45, 7) is 4.69. The van der Waals surface area contributed by atoms with Crippen molar-refractivity contribution in [2.24, 2.45) is 0 Å². The number of likely N-dealkylation sites (N-methyl/N-ethyl adjacent to an activating group) is 1. The summed E-state index contributed by atoms with van der Waals surface area (Å²) < 4.78 is 23.5. The summed E-state index contributed by atoms with van der Waals surface area (Å²) in [5.41, 5.74) is 4.35. The first-order chi connectivity index (χ1) is 23.5. The number of phenolic OH excluding ortho intramolecular Hbond substituents is 1. The number of imide groups is 1. The van der Waals surface area contributed by atoms with Crippen LogP contribution < -0.4 is 18.9 Å². The normalized spacial score (nSPS) is 24.9. The maximum Gasteiger partial charge on any atom is 0.308 e. The number of fused-ring (bicyclic) bond motifs is 10. The number of benzene rings is 3. The van der Waals surface area contributed by atoms with Crippen LogP contribution in [0.4, 0.5) is 0 Å². The maximum absolute atomic E-state index is 13.8. The molecule has 8 rings (SSSR count). The lowest BCUT2D eigenvalue weighted by Gasteiger charge is -2.60. The first kappa shape index (κ1) is 31.4. The minimum Gasteiger partial charge on any atom is -0.504 e. The number of hydrogen-bond donors (Lipinski definition) is 1. The van der Waals surface area contributed by atoms with Gasteiger partial charge in [-0.05, 0) is 51.4 Å². The Labute approximate surface area is 287 Å². The molecule has 2 bridgehead atoms. The van der Waals surface area contributed by atoms with Crippen molar-refractivity contribution in [1.29, 1.82) is 5.26 Å². The number of nitriles is 1. The van der Waals surface area contributed by atoms with Crippen LogP contribution >= 0.6 is 11.6 Å². The first-order valence-electron chi connectivity index (χ1n) is 16.0. The van der Waals surface area contributed by atoms with Crippen LogP contribution in [0.3, 0.4) is 0 Å². The molecular weight excluding hydrogens is 652 g/mol. The third kappa shape index (κ3) is 4.19. The van der Waals surface area contributed by atoms with Gasteiger partial charge in [0.2, 0.25) is 6.79 Å². The zero-order valence-corrected chi connectivity index (χ0v) is 28.3. The van der Waals surface area contributed by atoms with Gasteiger partial charge in [0.15, 0.2) is 23.0 Å². The van der Waals surface area contributed by atoms with Gasteiger partial charge in [0, 0.05) is 53.4 Å². The van der Waals surface area contributed by atoms with Crippen LogP contribution in [0, 0.1) is 25.2 Å². The molecule has 0 saturated carbocycles. The Bertz CT molecular complexity index is 2020. The van der Waals surface area contributed by atoms with E-state index in [1.165, 1.54) is 18.9 Å². The second kappa shape index (κ2) is 11.1.